The number of hydrogen-bond donors (Lipinski definition) is 5. The molecule has 0 unspecified atom stereocenters. The van der Waals surface area contributed by atoms with Gasteiger partial charge in [0.15, 0.2) is 5.82 Å². The van der Waals surface area contributed by atoms with Crippen LogP contribution in [0.25, 0.3) is 44.6 Å². The summed E-state index contributed by atoms with van der Waals surface area (Å²) in [5.74, 6) is 0.205. The average molecular weight is 719 g/mol. The van der Waals surface area contributed by atoms with Crippen LogP contribution in [0.2, 0.25) is 0 Å². The molecule has 2 aliphatic heterocycles. The van der Waals surface area contributed by atoms with Gasteiger partial charge in [0, 0.05) is 79.0 Å². The molecule has 13 heteroatoms. The Hall–Kier alpha value is -5.69. The van der Waals surface area contributed by atoms with Crippen molar-refractivity contribution < 1.29 is 14.0 Å². The number of benzene rings is 2. The van der Waals surface area contributed by atoms with E-state index in [1.807, 2.05) is 57.4 Å². The van der Waals surface area contributed by atoms with Gasteiger partial charge >= 0.3 is 0 Å². The van der Waals surface area contributed by atoms with Gasteiger partial charge in [0.25, 0.3) is 11.8 Å². The predicted molar refractivity (Wildman–Crippen MR) is 208 cm³/mol. The first kappa shape index (κ1) is 37.1. The molecule has 2 aromatic carbocycles. The van der Waals surface area contributed by atoms with Crippen molar-refractivity contribution in [2.24, 2.45) is 0 Å². The number of rotatable bonds is 5. The lowest BCUT2D eigenvalue weighted by Gasteiger charge is -2.24. The summed E-state index contributed by atoms with van der Waals surface area (Å²) in [7, 11) is 3.98. The van der Waals surface area contributed by atoms with Crippen LogP contribution in [0, 0.1) is 19.8 Å². The lowest BCUT2D eigenvalue weighted by Crippen LogP contribution is -2.31. The number of anilines is 1. The van der Waals surface area contributed by atoms with Crippen molar-refractivity contribution in [1.82, 2.24) is 45.9 Å². The van der Waals surface area contributed by atoms with E-state index in [0.29, 0.717) is 41.8 Å². The van der Waals surface area contributed by atoms with Gasteiger partial charge < -0.3 is 30.8 Å². The molecule has 0 atom stereocenters. The SMILES string of the molecule is CNC(C)C.Cc1nc2cccc(-c3cc4c([nH]3)CCNC4=O)c2nc1F.Cc1nc2cccc(-c3cc4c([nH]3)CCNC4=O)c2nc1N(C)C(C)C. The van der Waals surface area contributed by atoms with Crippen LogP contribution in [0.4, 0.5) is 10.2 Å². The summed E-state index contributed by atoms with van der Waals surface area (Å²) in [5, 5.41) is 8.73. The van der Waals surface area contributed by atoms with E-state index in [2.05, 4.69) is 68.5 Å². The summed E-state index contributed by atoms with van der Waals surface area (Å²) in [4.78, 5) is 50.7. The number of aromatic amines is 2. The van der Waals surface area contributed by atoms with E-state index in [1.54, 1.807) is 19.1 Å². The number of carbonyl (C=O) groups is 2. The van der Waals surface area contributed by atoms with E-state index in [9.17, 15) is 14.0 Å². The van der Waals surface area contributed by atoms with Crippen LogP contribution in [0.15, 0.2) is 48.5 Å². The van der Waals surface area contributed by atoms with E-state index in [1.165, 1.54) is 0 Å². The zero-order valence-electron chi connectivity index (χ0n) is 31.5. The number of H-pyrrole nitrogens is 2. The molecule has 0 fully saturated rings. The standard InChI is InChI=1S/C20H23N5O.C16H13FN4O.C4H11N/c1-11(2)25(4)19-12(3)22-16-7-5-6-13(18(16)24-19)17-10-14-15(23-17)8-9-21-20(14)26;1-8-15(17)21-14-9(3-2-4-12(14)19-8)13-7-10-11(20-13)5-6-18-16(10)22;1-4(2)5-3/h5-7,10-11,23H,8-9H2,1-4H3,(H,21,26);2-4,7,20H,5-6H2,1H3,(H,18,22);4-5H,1-3H3. The van der Waals surface area contributed by atoms with Crippen LogP contribution in [0.1, 0.15) is 71.2 Å². The summed E-state index contributed by atoms with van der Waals surface area (Å²) >= 11 is 0. The number of carbonyl (C=O) groups excluding carboxylic acids is 2. The zero-order chi connectivity index (χ0) is 38.0. The summed E-state index contributed by atoms with van der Waals surface area (Å²) in [6.07, 6.45) is 1.57. The van der Waals surface area contributed by atoms with Crippen molar-refractivity contribution in [2.45, 2.75) is 66.5 Å². The highest BCUT2D eigenvalue weighted by atomic mass is 19.1. The third-order valence-corrected chi connectivity index (χ3v) is 9.53. The molecule has 0 spiro atoms. The molecule has 53 heavy (non-hydrogen) atoms. The maximum atomic E-state index is 13.8. The number of hydrogen-bond acceptors (Lipinski definition) is 8. The van der Waals surface area contributed by atoms with Gasteiger partial charge in [-0.2, -0.15) is 4.39 Å². The lowest BCUT2D eigenvalue weighted by molar-refractivity contribution is 0.0937. The average Bonchev–Trinajstić information content (AvgIpc) is 3.78. The van der Waals surface area contributed by atoms with Gasteiger partial charge in [0.1, 0.15) is 11.0 Å². The van der Waals surface area contributed by atoms with Gasteiger partial charge in [-0.15, -0.1) is 0 Å². The molecule has 4 aromatic heterocycles. The second-order valence-corrected chi connectivity index (χ2v) is 13.9. The highest BCUT2D eigenvalue weighted by Gasteiger charge is 2.23. The Labute approximate surface area is 308 Å². The van der Waals surface area contributed by atoms with Crippen LogP contribution in [0.5, 0.6) is 0 Å². The van der Waals surface area contributed by atoms with Crippen molar-refractivity contribution in [3.05, 3.63) is 88.4 Å². The summed E-state index contributed by atoms with van der Waals surface area (Å²) in [5.41, 5.74) is 10.6. The topological polar surface area (TPSA) is 157 Å². The smallest absolute Gasteiger partial charge is 0.253 e. The first-order valence-corrected chi connectivity index (χ1v) is 18.0. The number of halogens is 1. The largest absolute Gasteiger partial charge is 0.358 e. The number of nitrogens with one attached hydrogen (secondary N) is 5. The molecule has 2 aliphatic rings. The van der Waals surface area contributed by atoms with E-state index < -0.39 is 5.95 Å². The van der Waals surface area contributed by atoms with Crippen LogP contribution in [-0.2, 0) is 12.8 Å². The lowest BCUT2D eigenvalue weighted by atomic mass is 10.1. The van der Waals surface area contributed by atoms with E-state index in [0.717, 1.165) is 74.9 Å². The molecule has 0 saturated heterocycles. The van der Waals surface area contributed by atoms with Crippen LogP contribution < -0.4 is 20.9 Å². The van der Waals surface area contributed by atoms with Gasteiger partial charge in [0.2, 0.25) is 5.95 Å². The van der Waals surface area contributed by atoms with Gasteiger partial charge in [0.05, 0.1) is 33.5 Å². The number of amides is 2. The summed E-state index contributed by atoms with van der Waals surface area (Å²) in [6, 6.07) is 16.2. The maximum Gasteiger partial charge on any atom is 0.253 e. The van der Waals surface area contributed by atoms with Crippen molar-refractivity contribution in [3.63, 3.8) is 0 Å². The molecule has 8 rings (SSSR count). The Morgan fingerprint density at radius 1 is 0.717 bits per heavy atom. The highest BCUT2D eigenvalue weighted by Crippen LogP contribution is 2.32. The van der Waals surface area contributed by atoms with Crippen molar-refractivity contribution in [2.75, 3.05) is 32.1 Å². The number of aryl methyl sites for hydroxylation is 2. The Morgan fingerprint density at radius 2 is 1.19 bits per heavy atom. The van der Waals surface area contributed by atoms with Crippen LogP contribution in [-0.4, -0.2) is 81.0 Å². The first-order chi connectivity index (χ1) is 25.4. The second-order valence-electron chi connectivity index (χ2n) is 13.9. The molecule has 0 saturated carbocycles. The van der Waals surface area contributed by atoms with E-state index in [4.69, 9.17) is 9.97 Å². The Kier molecular flexibility index (Phi) is 10.8. The highest BCUT2D eigenvalue weighted by molar-refractivity contribution is 6.00. The molecular formula is C40H47FN10O2. The summed E-state index contributed by atoms with van der Waals surface area (Å²) in [6.45, 7) is 13.4. The minimum absolute atomic E-state index is 0.0175. The quantitative estimate of drug-likeness (QED) is 0.145. The fourth-order valence-electron chi connectivity index (χ4n) is 6.19. The zero-order valence-corrected chi connectivity index (χ0v) is 31.5. The number of aromatic nitrogens is 6. The minimum atomic E-state index is -0.575. The molecule has 0 bridgehead atoms. The Morgan fingerprint density at radius 3 is 1.64 bits per heavy atom. The molecule has 2 amide bonds. The second kappa shape index (κ2) is 15.5. The minimum Gasteiger partial charge on any atom is -0.358 e. The number of fused-ring (bicyclic) bond motifs is 4. The molecule has 6 heterocycles. The molecule has 6 aromatic rings. The molecule has 0 aliphatic carbocycles. The monoisotopic (exact) mass is 718 g/mol. The van der Waals surface area contributed by atoms with Crippen molar-refractivity contribution in [3.8, 4) is 22.5 Å². The summed E-state index contributed by atoms with van der Waals surface area (Å²) < 4.78 is 13.8. The molecule has 276 valence electrons. The van der Waals surface area contributed by atoms with Crippen molar-refractivity contribution in [1.29, 1.82) is 0 Å². The third-order valence-electron chi connectivity index (χ3n) is 9.53. The van der Waals surface area contributed by atoms with Crippen LogP contribution >= 0.6 is 0 Å². The Bertz CT molecular complexity index is 2310. The first-order valence-electron chi connectivity index (χ1n) is 18.0. The van der Waals surface area contributed by atoms with Crippen molar-refractivity contribution >= 4 is 39.7 Å². The fourth-order valence-corrected chi connectivity index (χ4v) is 6.19. The normalized spacial score (nSPS) is 13.5. The maximum absolute atomic E-state index is 13.8. The van der Waals surface area contributed by atoms with Gasteiger partial charge in [-0.25, -0.2) is 19.9 Å². The molecule has 0 radical (unpaired) electrons. The fraction of sp³-hybridized carbons (Fsp3) is 0.350. The van der Waals surface area contributed by atoms with E-state index in [-0.39, 0.29) is 17.5 Å². The third kappa shape index (κ3) is 7.75. The predicted octanol–water partition coefficient (Wildman–Crippen LogP) is 6.04. The molecule has 5 N–H and O–H groups in total. The molecule has 12 nitrogen and oxygen atoms in total. The number of nitrogens with zero attached hydrogens (tertiary/aromatic N) is 5. The number of para-hydroxylation sites is 2. The molecular weight excluding hydrogens is 672 g/mol. The van der Waals surface area contributed by atoms with E-state index >= 15 is 0 Å². The van der Waals surface area contributed by atoms with Gasteiger partial charge in [-0.1, -0.05) is 38.1 Å². The Balaban J connectivity index is 0.000000163. The van der Waals surface area contributed by atoms with Gasteiger partial charge in [-0.3, -0.25) is 9.59 Å². The van der Waals surface area contributed by atoms with Crippen LogP contribution in [0.3, 0.4) is 0 Å². The van der Waals surface area contributed by atoms with Gasteiger partial charge in [-0.05, 0) is 59.0 Å².